The first-order chi connectivity index (χ1) is 11.7. The van der Waals surface area contributed by atoms with Crippen molar-refractivity contribution in [2.75, 3.05) is 0 Å². The molecule has 120 valence electrons. The van der Waals surface area contributed by atoms with Gasteiger partial charge in [0.25, 0.3) is 0 Å². The van der Waals surface area contributed by atoms with Crippen LogP contribution >= 0.6 is 11.8 Å². The zero-order chi connectivity index (χ0) is 16.5. The molecule has 2 aromatic carbocycles. The fourth-order valence-electron chi connectivity index (χ4n) is 2.76. The molecule has 0 bridgehead atoms. The van der Waals surface area contributed by atoms with Crippen molar-refractivity contribution in [2.24, 2.45) is 7.05 Å². The lowest BCUT2D eigenvalue weighted by Gasteiger charge is -2.04. The lowest BCUT2D eigenvalue weighted by Crippen LogP contribution is -1.94. The van der Waals surface area contributed by atoms with Gasteiger partial charge in [0.05, 0.1) is 0 Å². The number of benzene rings is 2. The number of aromatic nitrogens is 4. The highest BCUT2D eigenvalue weighted by Crippen LogP contribution is 2.30. The normalized spacial score (nSPS) is 11.2. The predicted octanol–water partition coefficient (Wildman–Crippen LogP) is 4.56. The van der Waals surface area contributed by atoms with E-state index in [4.69, 9.17) is 0 Å². The van der Waals surface area contributed by atoms with E-state index in [1.807, 2.05) is 25.4 Å². The summed E-state index contributed by atoms with van der Waals surface area (Å²) in [5.74, 6) is 1.78. The van der Waals surface area contributed by atoms with Crippen LogP contribution in [-0.4, -0.2) is 19.7 Å². The van der Waals surface area contributed by atoms with Gasteiger partial charge in [0.15, 0.2) is 11.0 Å². The summed E-state index contributed by atoms with van der Waals surface area (Å²) in [6, 6.07) is 16.9. The van der Waals surface area contributed by atoms with Gasteiger partial charge in [0.1, 0.15) is 0 Å². The van der Waals surface area contributed by atoms with Gasteiger partial charge < -0.3 is 9.55 Å². The fraction of sp³-hybridized carbons (Fsp3) is 0.158. The van der Waals surface area contributed by atoms with Crippen molar-refractivity contribution in [1.82, 2.24) is 19.7 Å². The Balaban J connectivity index is 1.60. The number of H-pyrrole nitrogens is 1. The summed E-state index contributed by atoms with van der Waals surface area (Å²) in [7, 11) is 2.02. The van der Waals surface area contributed by atoms with Crippen LogP contribution in [0.2, 0.25) is 0 Å². The fourth-order valence-corrected chi connectivity index (χ4v) is 3.63. The predicted molar refractivity (Wildman–Crippen MR) is 99.0 cm³/mol. The van der Waals surface area contributed by atoms with E-state index < -0.39 is 0 Å². The molecule has 4 rings (SSSR count). The van der Waals surface area contributed by atoms with Crippen LogP contribution in [0.1, 0.15) is 11.1 Å². The molecule has 0 saturated heterocycles. The zero-order valence-corrected chi connectivity index (χ0v) is 14.5. The van der Waals surface area contributed by atoms with Gasteiger partial charge in [-0.2, -0.15) is 0 Å². The minimum absolute atomic E-state index is 0.888. The Labute approximate surface area is 144 Å². The first-order valence-corrected chi connectivity index (χ1v) is 8.85. The van der Waals surface area contributed by atoms with Crippen LogP contribution in [0.15, 0.2) is 59.9 Å². The number of fused-ring (bicyclic) bond motifs is 1. The third-order valence-electron chi connectivity index (χ3n) is 4.15. The number of thioether (sulfide) groups is 1. The minimum atomic E-state index is 0.888. The number of hydrogen-bond donors (Lipinski definition) is 1. The molecule has 0 radical (unpaired) electrons. The van der Waals surface area contributed by atoms with Crippen LogP contribution in [0, 0.1) is 6.92 Å². The maximum absolute atomic E-state index is 4.41. The Morgan fingerprint density at radius 2 is 1.83 bits per heavy atom. The summed E-state index contributed by atoms with van der Waals surface area (Å²) < 4.78 is 2.06. The monoisotopic (exact) mass is 334 g/mol. The Bertz CT molecular complexity index is 982. The van der Waals surface area contributed by atoms with Crippen LogP contribution < -0.4 is 0 Å². The van der Waals surface area contributed by atoms with Crippen LogP contribution in [0.5, 0.6) is 0 Å². The van der Waals surface area contributed by atoms with Gasteiger partial charge in [-0.1, -0.05) is 59.8 Å². The number of nitrogens with zero attached hydrogens (tertiary/aromatic N) is 3. The highest BCUT2D eigenvalue weighted by Gasteiger charge is 2.14. The van der Waals surface area contributed by atoms with E-state index in [0.717, 1.165) is 27.8 Å². The molecule has 0 fully saturated rings. The zero-order valence-electron chi connectivity index (χ0n) is 13.7. The van der Waals surface area contributed by atoms with E-state index in [9.17, 15) is 0 Å². The average molecular weight is 334 g/mol. The lowest BCUT2D eigenvalue weighted by molar-refractivity contribution is 0.794. The molecule has 4 nitrogen and oxygen atoms in total. The molecule has 0 saturated carbocycles. The maximum Gasteiger partial charge on any atom is 0.191 e. The van der Waals surface area contributed by atoms with Gasteiger partial charge >= 0.3 is 0 Å². The quantitative estimate of drug-likeness (QED) is 0.556. The molecule has 0 aliphatic heterocycles. The standard InChI is InChI=1S/C19H18N4S/c1-13-7-9-14(10-8-13)12-24-19-22-21-18(23(19)2)16-11-20-17-6-4-3-5-15(16)17/h3-11,20H,12H2,1-2H3. The molecule has 0 aliphatic carbocycles. The second-order valence-electron chi connectivity index (χ2n) is 5.89. The molecule has 24 heavy (non-hydrogen) atoms. The largest absolute Gasteiger partial charge is 0.360 e. The first-order valence-electron chi connectivity index (χ1n) is 7.86. The maximum atomic E-state index is 4.41. The van der Waals surface area contributed by atoms with Crippen molar-refractivity contribution < 1.29 is 0 Å². The molecule has 0 spiro atoms. The van der Waals surface area contributed by atoms with Crippen LogP contribution in [0.3, 0.4) is 0 Å². The van der Waals surface area contributed by atoms with Crippen LogP contribution in [0.25, 0.3) is 22.3 Å². The van der Waals surface area contributed by atoms with Crippen molar-refractivity contribution in [3.63, 3.8) is 0 Å². The Kier molecular flexibility index (Phi) is 3.86. The van der Waals surface area contributed by atoms with Crippen molar-refractivity contribution in [3.8, 4) is 11.4 Å². The molecule has 5 heteroatoms. The van der Waals surface area contributed by atoms with Gasteiger partial charge in [-0.25, -0.2) is 0 Å². The second-order valence-corrected chi connectivity index (χ2v) is 6.83. The summed E-state index contributed by atoms with van der Waals surface area (Å²) in [4.78, 5) is 3.30. The number of rotatable bonds is 4. The summed E-state index contributed by atoms with van der Waals surface area (Å²) in [5.41, 5.74) is 4.78. The van der Waals surface area contributed by atoms with Crippen molar-refractivity contribution >= 4 is 22.7 Å². The second kappa shape index (κ2) is 6.17. The number of aromatic amines is 1. The van der Waals surface area contributed by atoms with Gasteiger partial charge in [0.2, 0.25) is 0 Å². The van der Waals surface area contributed by atoms with Crippen molar-refractivity contribution in [2.45, 2.75) is 17.8 Å². The van der Waals surface area contributed by atoms with Crippen molar-refractivity contribution in [3.05, 3.63) is 65.9 Å². The number of hydrogen-bond acceptors (Lipinski definition) is 3. The summed E-state index contributed by atoms with van der Waals surface area (Å²) in [6.07, 6.45) is 2.00. The summed E-state index contributed by atoms with van der Waals surface area (Å²) >= 11 is 1.71. The Hall–Kier alpha value is -2.53. The Morgan fingerprint density at radius 1 is 1.04 bits per heavy atom. The number of nitrogens with one attached hydrogen (secondary N) is 1. The third kappa shape index (κ3) is 2.71. The molecule has 0 unspecified atom stereocenters. The topological polar surface area (TPSA) is 46.5 Å². The number of para-hydroxylation sites is 1. The Morgan fingerprint density at radius 3 is 2.67 bits per heavy atom. The molecule has 0 amide bonds. The molecule has 0 atom stereocenters. The number of aryl methyl sites for hydroxylation is 1. The molecule has 2 aromatic heterocycles. The van der Waals surface area contributed by atoms with E-state index in [0.29, 0.717) is 0 Å². The van der Waals surface area contributed by atoms with Gasteiger partial charge in [-0.15, -0.1) is 10.2 Å². The van der Waals surface area contributed by atoms with Gasteiger partial charge in [-0.05, 0) is 18.6 Å². The molecule has 0 aliphatic rings. The summed E-state index contributed by atoms with van der Waals surface area (Å²) in [5, 5.41) is 10.9. The molecule has 2 heterocycles. The molecule has 1 N–H and O–H groups in total. The van der Waals surface area contributed by atoms with E-state index in [1.165, 1.54) is 16.5 Å². The van der Waals surface area contributed by atoms with Gasteiger partial charge in [0, 0.05) is 35.5 Å². The minimum Gasteiger partial charge on any atom is -0.360 e. The first kappa shape index (κ1) is 15.0. The third-order valence-corrected chi connectivity index (χ3v) is 5.24. The lowest BCUT2D eigenvalue weighted by atomic mass is 10.1. The van der Waals surface area contributed by atoms with E-state index in [2.05, 4.69) is 63.1 Å². The highest BCUT2D eigenvalue weighted by molar-refractivity contribution is 7.98. The van der Waals surface area contributed by atoms with E-state index in [-0.39, 0.29) is 0 Å². The van der Waals surface area contributed by atoms with E-state index in [1.54, 1.807) is 11.8 Å². The van der Waals surface area contributed by atoms with E-state index >= 15 is 0 Å². The SMILES string of the molecule is Cc1ccc(CSc2nnc(-c3c[nH]c4ccccc34)n2C)cc1. The smallest absolute Gasteiger partial charge is 0.191 e. The molecular formula is C19H18N4S. The average Bonchev–Trinajstić information content (AvgIpc) is 3.18. The highest BCUT2D eigenvalue weighted by atomic mass is 32.2. The van der Waals surface area contributed by atoms with Crippen LogP contribution in [0.4, 0.5) is 0 Å². The molecule has 4 aromatic rings. The van der Waals surface area contributed by atoms with Crippen LogP contribution in [-0.2, 0) is 12.8 Å². The summed E-state index contributed by atoms with van der Waals surface area (Å²) in [6.45, 7) is 2.10. The van der Waals surface area contributed by atoms with Crippen molar-refractivity contribution in [1.29, 1.82) is 0 Å². The van der Waals surface area contributed by atoms with Gasteiger partial charge in [-0.3, -0.25) is 0 Å². The molecular weight excluding hydrogens is 316 g/mol.